The molecule has 39 heavy (non-hydrogen) atoms. The molecule has 1 aliphatic heterocycles. The molecule has 204 valence electrons. The Hall–Kier alpha value is -4.38. The number of nitrogens with zero attached hydrogens (tertiary/aromatic N) is 8. The Kier molecular flexibility index (Phi) is 6.55. The fourth-order valence-electron chi connectivity index (χ4n) is 4.02. The van der Waals surface area contributed by atoms with E-state index >= 15 is 0 Å². The van der Waals surface area contributed by atoms with Crippen LogP contribution in [0.15, 0.2) is 28.5 Å². The van der Waals surface area contributed by atoms with E-state index in [1.54, 1.807) is 6.92 Å². The van der Waals surface area contributed by atoms with Crippen molar-refractivity contribution in [1.29, 1.82) is 0 Å². The van der Waals surface area contributed by atoms with Crippen molar-refractivity contribution in [1.82, 2.24) is 34.6 Å². The largest absolute Gasteiger partial charge is 0.433 e. The summed E-state index contributed by atoms with van der Waals surface area (Å²) in [5.41, 5.74) is -0.579. The maximum absolute atomic E-state index is 13.2. The number of carbonyl (C=O) groups is 2. The van der Waals surface area contributed by atoms with Gasteiger partial charge in [0, 0.05) is 24.2 Å². The average molecular weight is 564 g/mol. The van der Waals surface area contributed by atoms with Crippen molar-refractivity contribution in [3.8, 4) is 10.6 Å². The number of rotatable bonds is 6. The second-order valence-electron chi connectivity index (χ2n) is 8.64. The molecule has 2 N–H and O–H groups in total. The van der Waals surface area contributed by atoms with Gasteiger partial charge in [-0.05, 0) is 25.5 Å². The number of halogens is 3. The number of amides is 2. The van der Waals surface area contributed by atoms with E-state index in [9.17, 15) is 27.9 Å². The van der Waals surface area contributed by atoms with Crippen LogP contribution in [-0.4, -0.2) is 64.9 Å². The van der Waals surface area contributed by atoms with E-state index in [1.165, 1.54) is 41.2 Å². The van der Waals surface area contributed by atoms with Crippen molar-refractivity contribution in [3.05, 3.63) is 52.6 Å². The number of fused-ring (bicyclic) bond motifs is 1. The summed E-state index contributed by atoms with van der Waals surface area (Å²) < 4.78 is 45.4. The standard InChI is InChI=1S/C22H20F3N9O4S/c1-10-4-12(5-26-17(10)22(23,24)25)19-30-13(8-39-19)29-14(35)6-33-9-27-18-16(33)20(36)34(21(37)32(18)3)7-15-28-11(2)31-38-15/h4-5,8-9,21,37H,6-7H2,1-3H3,(H,29,35). The number of aryl methyl sites for hydroxylation is 2. The highest BCUT2D eigenvalue weighted by Crippen LogP contribution is 2.33. The van der Waals surface area contributed by atoms with Gasteiger partial charge < -0.3 is 24.4 Å². The first-order valence-corrected chi connectivity index (χ1v) is 12.2. The number of anilines is 2. The monoisotopic (exact) mass is 563 g/mol. The van der Waals surface area contributed by atoms with Gasteiger partial charge in [0.2, 0.25) is 18.1 Å². The first-order chi connectivity index (χ1) is 18.4. The van der Waals surface area contributed by atoms with Crippen LogP contribution in [0.2, 0.25) is 0 Å². The van der Waals surface area contributed by atoms with E-state index in [0.29, 0.717) is 16.4 Å². The number of carbonyl (C=O) groups excluding carboxylic acids is 2. The van der Waals surface area contributed by atoms with Gasteiger partial charge in [-0.2, -0.15) is 18.2 Å². The van der Waals surface area contributed by atoms with Crippen LogP contribution in [0.3, 0.4) is 0 Å². The molecule has 0 spiro atoms. The van der Waals surface area contributed by atoms with Gasteiger partial charge in [-0.25, -0.2) is 9.97 Å². The van der Waals surface area contributed by atoms with E-state index < -0.39 is 30.0 Å². The molecule has 0 radical (unpaired) electrons. The molecule has 0 fully saturated rings. The van der Waals surface area contributed by atoms with Crippen LogP contribution >= 0.6 is 11.3 Å². The highest BCUT2D eigenvalue weighted by atomic mass is 32.1. The van der Waals surface area contributed by atoms with Gasteiger partial charge in [-0.1, -0.05) is 5.16 Å². The molecule has 0 aromatic carbocycles. The molecule has 4 aromatic heterocycles. The van der Waals surface area contributed by atoms with Crippen molar-refractivity contribution in [2.45, 2.75) is 39.5 Å². The Bertz CT molecular complexity index is 1560. The van der Waals surface area contributed by atoms with Gasteiger partial charge in [0.05, 0.1) is 6.33 Å². The third-order valence-corrected chi connectivity index (χ3v) is 6.69. The van der Waals surface area contributed by atoms with Crippen LogP contribution in [0.5, 0.6) is 0 Å². The number of hydrogen-bond donors (Lipinski definition) is 2. The smallest absolute Gasteiger partial charge is 0.356 e. The molecule has 5 rings (SSSR count). The summed E-state index contributed by atoms with van der Waals surface area (Å²) in [6.45, 7) is 2.46. The van der Waals surface area contributed by atoms with Gasteiger partial charge >= 0.3 is 6.18 Å². The minimum absolute atomic E-state index is 0.0475. The van der Waals surface area contributed by atoms with Crippen molar-refractivity contribution < 1.29 is 32.4 Å². The topological polar surface area (TPSA) is 155 Å². The van der Waals surface area contributed by atoms with Crippen LogP contribution in [0, 0.1) is 13.8 Å². The molecule has 13 nitrogen and oxygen atoms in total. The second kappa shape index (κ2) is 9.73. The van der Waals surface area contributed by atoms with Gasteiger partial charge in [0.25, 0.3) is 5.91 Å². The molecule has 0 saturated carbocycles. The molecular formula is C22H20F3N9O4S. The lowest BCUT2D eigenvalue weighted by atomic mass is 10.1. The van der Waals surface area contributed by atoms with Gasteiger partial charge in [-0.3, -0.25) is 19.5 Å². The highest BCUT2D eigenvalue weighted by molar-refractivity contribution is 7.13. The predicted molar refractivity (Wildman–Crippen MR) is 129 cm³/mol. The Labute approximate surface area is 221 Å². The van der Waals surface area contributed by atoms with E-state index in [2.05, 4.69) is 30.4 Å². The predicted octanol–water partition coefficient (Wildman–Crippen LogP) is 2.43. The minimum Gasteiger partial charge on any atom is -0.356 e. The molecule has 0 aliphatic carbocycles. The number of imidazole rings is 1. The zero-order chi connectivity index (χ0) is 28.1. The van der Waals surface area contributed by atoms with Crippen LogP contribution in [0.25, 0.3) is 10.6 Å². The quantitative estimate of drug-likeness (QED) is 0.357. The number of aliphatic hydroxyl groups is 1. The van der Waals surface area contributed by atoms with E-state index in [0.717, 1.165) is 22.4 Å². The molecule has 1 aliphatic rings. The summed E-state index contributed by atoms with van der Waals surface area (Å²) in [7, 11) is 1.54. The summed E-state index contributed by atoms with van der Waals surface area (Å²) >= 11 is 1.12. The van der Waals surface area contributed by atoms with Crippen LogP contribution in [-0.2, 0) is 24.1 Å². The number of aliphatic hydroxyl groups excluding tert-OH is 1. The Morgan fingerprint density at radius 2 is 2.03 bits per heavy atom. The molecule has 0 bridgehead atoms. The summed E-state index contributed by atoms with van der Waals surface area (Å²) in [6, 6.07) is 1.33. The Balaban J connectivity index is 1.30. The van der Waals surface area contributed by atoms with Crippen molar-refractivity contribution in [2.24, 2.45) is 0 Å². The lowest BCUT2D eigenvalue weighted by Crippen LogP contribution is -2.54. The summed E-state index contributed by atoms with van der Waals surface area (Å²) in [5, 5.41) is 18.8. The lowest BCUT2D eigenvalue weighted by Gasteiger charge is -2.37. The molecular weight excluding hydrogens is 543 g/mol. The van der Waals surface area contributed by atoms with E-state index in [-0.39, 0.29) is 41.9 Å². The fraction of sp³-hybridized carbons (Fsp3) is 0.318. The van der Waals surface area contributed by atoms with E-state index in [1.807, 2.05) is 0 Å². The molecule has 4 aromatic rings. The molecule has 0 saturated heterocycles. The zero-order valence-electron chi connectivity index (χ0n) is 20.6. The first-order valence-electron chi connectivity index (χ1n) is 11.3. The summed E-state index contributed by atoms with van der Waals surface area (Å²) in [5.74, 6) is -0.279. The SMILES string of the molecule is Cc1noc(CN2C(=O)c3c(ncn3CC(=O)Nc3csc(-c4cnc(C(F)(F)F)c(C)c4)n3)N(C)C2O)n1. The van der Waals surface area contributed by atoms with Crippen molar-refractivity contribution >= 4 is 34.8 Å². The number of nitrogens with one attached hydrogen (secondary N) is 1. The third kappa shape index (κ3) is 5.05. The molecule has 2 amide bonds. The van der Waals surface area contributed by atoms with Crippen LogP contribution in [0.1, 0.15) is 33.5 Å². The average Bonchev–Trinajstić information content (AvgIpc) is 3.60. The van der Waals surface area contributed by atoms with Gasteiger partial charge in [0.1, 0.15) is 29.6 Å². The van der Waals surface area contributed by atoms with Crippen LogP contribution < -0.4 is 10.2 Å². The Morgan fingerprint density at radius 1 is 1.26 bits per heavy atom. The number of alkyl halides is 3. The first kappa shape index (κ1) is 26.2. The van der Waals surface area contributed by atoms with E-state index in [4.69, 9.17) is 4.52 Å². The molecule has 1 atom stereocenters. The molecule has 1 unspecified atom stereocenters. The van der Waals surface area contributed by atoms with Gasteiger partial charge in [0.15, 0.2) is 17.3 Å². The highest BCUT2D eigenvalue weighted by Gasteiger charge is 2.39. The fourth-order valence-corrected chi connectivity index (χ4v) is 4.75. The number of thiazole rings is 1. The van der Waals surface area contributed by atoms with Crippen molar-refractivity contribution in [2.75, 3.05) is 17.3 Å². The minimum atomic E-state index is -4.56. The number of pyridine rings is 1. The summed E-state index contributed by atoms with van der Waals surface area (Å²) in [4.78, 5) is 44.5. The molecule has 17 heteroatoms. The molecule has 5 heterocycles. The zero-order valence-corrected chi connectivity index (χ0v) is 21.4. The lowest BCUT2D eigenvalue weighted by molar-refractivity contribution is -0.141. The second-order valence-corrected chi connectivity index (χ2v) is 9.50. The van der Waals surface area contributed by atoms with Crippen molar-refractivity contribution in [3.63, 3.8) is 0 Å². The maximum atomic E-state index is 13.2. The normalized spacial score (nSPS) is 15.6. The number of aromatic nitrogens is 6. The van der Waals surface area contributed by atoms with Gasteiger partial charge in [-0.15, -0.1) is 11.3 Å². The summed E-state index contributed by atoms with van der Waals surface area (Å²) in [6.07, 6.45) is -3.54. The Morgan fingerprint density at radius 3 is 2.69 bits per heavy atom. The maximum Gasteiger partial charge on any atom is 0.433 e. The van der Waals surface area contributed by atoms with Crippen LogP contribution in [0.4, 0.5) is 24.8 Å². The number of hydrogen-bond acceptors (Lipinski definition) is 11. The third-order valence-electron chi connectivity index (χ3n) is 5.80.